The van der Waals surface area contributed by atoms with Gasteiger partial charge in [0.1, 0.15) is 11.6 Å². The summed E-state index contributed by atoms with van der Waals surface area (Å²) >= 11 is 0. The van der Waals surface area contributed by atoms with Gasteiger partial charge in [0.2, 0.25) is 5.91 Å². The first-order valence-electron chi connectivity index (χ1n) is 10.6. The third-order valence-electron chi connectivity index (χ3n) is 6.74. The van der Waals surface area contributed by atoms with E-state index in [4.69, 9.17) is 14.7 Å². The molecule has 30 heavy (non-hydrogen) atoms. The van der Waals surface area contributed by atoms with Crippen LogP contribution in [-0.4, -0.2) is 38.6 Å². The first-order valence-corrected chi connectivity index (χ1v) is 10.6. The largest absolute Gasteiger partial charge is 0.381 e. The Kier molecular flexibility index (Phi) is 4.39. The van der Waals surface area contributed by atoms with Gasteiger partial charge in [0.25, 0.3) is 0 Å². The Balaban J connectivity index is 1.62. The molecule has 1 N–H and O–H groups in total. The van der Waals surface area contributed by atoms with Crippen LogP contribution in [0, 0.1) is 12.8 Å². The predicted octanol–water partition coefficient (Wildman–Crippen LogP) is 3.85. The maximum Gasteiger partial charge on any atom is 0.222 e. The van der Waals surface area contributed by atoms with Crippen molar-refractivity contribution in [1.82, 2.24) is 19.5 Å². The number of carbonyl (C=O) groups excluding carboxylic acids is 1. The highest BCUT2D eigenvalue weighted by Crippen LogP contribution is 2.59. The number of rotatable bonds is 5. The molecule has 1 amide bonds. The number of hydrogen-bond donors (Lipinski definition) is 1. The summed E-state index contributed by atoms with van der Waals surface area (Å²) in [7, 11) is 1.81. The Morgan fingerprint density at radius 2 is 2.10 bits per heavy atom. The Morgan fingerprint density at radius 1 is 1.30 bits per heavy atom. The van der Waals surface area contributed by atoms with Crippen LogP contribution in [0.25, 0.3) is 22.2 Å². The third-order valence-corrected chi connectivity index (χ3v) is 6.74. The van der Waals surface area contributed by atoms with E-state index < -0.39 is 0 Å². The molecular weight excluding hydrogens is 378 g/mol. The first kappa shape index (κ1) is 19.2. The number of amides is 1. The minimum atomic E-state index is -0.133. The van der Waals surface area contributed by atoms with Gasteiger partial charge in [-0.25, -0.2) is 15.0 Å². The zero-order chi connectivity index (χ0) is 21.0. The van der Waals surface area contributed by atoms with E-state index in [0.717, 1.165) is 59.5 Å². The lowest BCUT2D eigenvalue weighted by atomic mass is 9.69. The number of aryl methyl sites for hydroxylation is 2. The van der Waals surface area contributed by atoms with Crippen molar-refractivity contribution in [3.05, 3.63) is 36.0 Å². The molecular formula is C23H27N5O2. The van der Waals surface area contributed by atoms with Crippen molar-refractivity contribution < 1.29 is 9.53 Å². The first-order chi connectivity index (χ1) is 14.4. The summed E-state index contributed by atoms with van der Waals surface area (Å²) in [6.45, 7) is 6.46. The maximum absolute atomic E-state index is 11.5. The predicted molar refractivity (Wildman–Crippen MR) is 115 cm³/mol. The number of nitrogens with zero attached hydrogens (tertiary/aromatic N) is 4. The number of anilines is 1. The number of carbonyl (C=O) groups is 1. The molecule has 3 aromatic rings. The second kappa shape index (κ2) is 6.87. The van der Waals surface area contributed by atoms with Crippen LogP contribution in [0.3, 0.4) is 0 Å². The molecule has 3 heterocycles. The van der Waals surface area contributed by atoms with Crippen molar-refractivity contribution in [2.24, 2.45) is 5.92 Å². The molecule has 3 saturated carbocycles. The Morgan fingerprint density at radius 3 is 2.77 bits per heavy atom. The molecule has 0 saturated heterocycles. The average Bonchev–Trinajstić information content (AvgIpc) is 3.35. The van der Waals surface area contributed by atoms with Gasteiger partial charge in [-0.3, -0.25) is 4.79 Å². The van der Waals surface area contributed by atoms with E-state index >= 15 is 0 Å². The van der Waals surface area contributed by atoms with Crippen LogP contribution in [0.5, 0.6) is 0 Å². The van der Waals surface area contributed by atoms with Gasteiger partial charge in [-0.15, -0.1) is 0 Å². The van der Waals surface area contributed by atoms with Crippen molar-refractivity contribution in [3.8, 4) is 11.3 Å². The van der Waals surface area contributed by atoms with E-state index in [9.17, 15) is 4.79 Å². The van der Waals surface area contributed by atoms with Crippen LogP contribution >= 0.6 is 0 Å². The van der Waals surface area contributed by atoms with E-state index in [1.165, 1.54) is 6.92 Å². The van der Waals surface area contributed by atoms with E-state index in [-0.39, 0.29) is 11.3 Å². The average molecular weight is 406 g/mol. The van der Waals surface area contributed by atoms with Crippen LogP contribution in [0.4, 0.5) is 5.82 Å². The highest BCUT2D eigenvalue weighted by Gasteiger charge is 2.59. The van der Waals surface area contributed by atoms with Crippen molar-refractivity contribution in [3.63, 3.8) is 0 Å². The van der Waals surface area contributed by atoms with E-state index in [1.807, 2.05) is 32.4 Å². The van der Waals surface area contributed by atoms with Crippen LogP contribution in [0.15, 0.2) is 24.5 Å². The minimum absolute atomic E-state index is 0.0537. The number of fused-ring (bicyclic) bond motifs is 2. The second-order valence-corrected chi connectivity index (χ2v) is 8.74. The zero-order valence-electron chi connectivity index (χ0n) is 17.9. The molecule has 7 heteroatoms. The van der Waals surface area contributed by atoms with E-state index in [2.05, 4.69) is 28.0 Å². The fourth-order valence-electron chi connectivity index (χ4n) is 5.32. The summed E-state index contributed by atoms with van der Waals surface area (Å²) in [6.07, 6.45) is 7.50. The highest BCUT2D eigenvalue weighted by atomic mass is 16.5. The maximum atomic E-state index is 11.5. The number of hydrogen-bond acceptors (Lipinski definition) is 5. The molecule has 2 bridgehead atoms. The summed E-state index contributed by atoms with van der Waals surface area (Å²) < 4.78 is 7.84. The topological polar surface area (TPSA) is 81.9 Å². The second-order valence-electron chi connectivity index (χ2n) is 8.74. The molecule has 7 nitrogen and oxygen atoms in total. The molecule has 156 valence electrons. The van der Waals surface area contributed by atoms with Crippen LogP contribution in [-0.2, 0) is 21.5 Å². The number of pyridine rings is 1. The number of methoxy groups -OCH3 is 1. The van der Waals surface area contributed by atoms with Crippen molar-refractivity contribution in [1.29, 1.82) is 0 Å². The molecule has 0 unspecified atom stereocenters. The summed E-state index contributed by atoms with van der Waals surface area (Å²) in [5, 5.41) is 3.82. The molecule has 6 rings (SSSR count). The standard InChI is InChI=1S/C23H27N5O2/c1-5-28-12-17(16-7-21(26-14(3)29)24-11-19(16)28)18-6-13(2)25-22(27-18)23-8-15(9-23)20(10-23)30-4/h6-7,11-12,15,20H,5,8-10H2,1-4H3,(H,24,26,29)/t15?,20-,23?/m1/s1. The number of nitrogens with one attached hydrogen (secondary N) is 1. The fraction of sp³-hybridized carbons (Fsp3) is 0.478. The Hall–Kier alpha value is -2.80. The number of aromatic nitrogens is 4. The molecule has 3 fully saturated rings. The van der Waals surface area contributed by atoms with Gasteiger partial charge >= 0.3 is 0 Å². The summed E-state index contributed by atoms with van der Waals surface area (Å²) in [5.74, 6) is 2.00. The van der Waals surface area contributed by atoms with Crippen molar-refractivity contribution in [2.45, 2.75) is 58.1 Å². The minimum Gasteiger partial charge on any atom is -0.381 e. The summed E-state index contributed by atoms with van der Waals surface area (Å²) in [6, 6.07) is 3.98. The fourth-order valence-corrected chi connectivity index (χ4v) is 5.32. The lowest BCUT2D eigenvalue weighted by molar-refractivity contribution is -0.114. The monoisotopic (exact) mass is 405 g/mol. The Bertz CT molecular complexity index is 1150. The molecule has 0 spiro atoms. The van der Waals surface area contributed by atoms with Gasteiger partial charge in [0.05, 0.1) is 23.5 Å². The summed E-state index contributed by atoms with van der Waals surface area (Å²) in [5.41, 5.74) is 4.02. The third kappa shape index (κ3) is 2.91. The highest BCUT2D eigenvalue weighted by molar-refractivity contribution is 5.98. The smallest absolute Gasteiger partial charge is 0.222 e. The van der Waals surface area contributed by atoms with Crippen molar-refractivity contribution in [2.75, 3.05) is 12.4 Å². The van der Waals surface area contributed by atoms with Crippen molar-refractivity contribution >= 4 is 22.6 Å². The van der Waals surface area contributed by atoms with Gasteiger partial charge in [0.15, 0.2) is 0 Å². The molecule has 0 aromatic carbocycles. The van der Waals surface area contributed by atoms with Crippen LogP contribution in [0.1, 0.15) is 44.6 Å². The molecule has 3 aromatic heterocycles. The zero-order valence-corrected chi connectivity index (χ0v) is 17.9. The molecule has 1 atom stereocenters. The Labute approximate surface area is 175 Å². The SMILES string of the molecule is CCn1cc(-c2cc(C)nc(C34CC(C3)[C@H](OC)C4)n2)c2cc(NC(C)=O)ncc21. The van der Waals surface area contributed by atoms with Gasteiger partial charge < -0.3 is 14.6 Å². The van der Waals surface area contributed by atoms with Gasteiger partial charge in [0, 0.05) is 48.8 Å². The molecule has 0 aliphatic heterocycles. The van der Waals surface area contributed by atoms with E-state index in [0.29, 0.717) is 17.8 Å². The lowest BCUT2D eigenvalue weighted by Gasteiger charge is -2.36. The van der Waals surface area contributed by atoms with E-state index in [1.54, 1.807) is 0 Å². The normalized spacial score (nSPS) is 24.8. The molecule has 0 radical (unpaired) electrons. The van der Waals surface area contributed by atoms with Gasteiger partial charge in [-0.1, -0.05) is 0 Å². The summed E-state index contributed by atoms with van der Waals surface area (Å²) in [4.78, 5) is 25.8. The quantitative estimate of drug-likeness (QED) is 0.697. The number of ether oxygens (including phenoxy) is 1. The van der Waals surface area contributed by atoms with Gasteiger partial charge in [-0.2, -0.15) is 0 Å². The van der Waals surface area contributed by atoms with Gasteiger partial charge in [-0.05, 0) is 51.2 Å². The molecule has 3 aliphatic carbocycles. The van der Waals surface area contributed by atoms with Crippen LogP contribution < -0.4 is 5.32 Å². The van der Waals surface area contributed by atoms with Crippen LogP contribution in [0.2, 0.25) is 0 Å². The molecule has 3 aliphatic rings. The lowest BCUT2D eigenvalue weighted by Crippen LogP contribution is -2.35.